The molecule has 1 rings (SSSR count). The van der Waals surface area contributed by atoms with E-state index in [1.807, 2.05) is 0 Å². The molecule has 2 N–H and O–H groups in total. The fourth-order valence-corrected chi connectivity index (χ4v) is 2.46. The van der Waals surface area contributed by atoms with Gasteiger partial charge in [-0.25, -0.2) is 0 Å². The molecule has 0 saturated heterocycles. The summed E-state index contributed by atoms with van der Waals surface area (Å²) in [7, 11) is 0. The molecule has 0 amide bonds. The molecule has 2 atom stereocenters. The largest absolute Gasteiger partial charge is 0.395 e. The first-order valence-electron chi connectivity index (χ1n) is 6.44. The molecule has 2 heteroatoms. The van der Waals surface area contributed by atoms with Gasteiger partial charge in [0.25, 0.3) is 0 Å². The quantitative estimate of drug-likeness (QED) is 0.704. The van der Waals surface area contributed by atoms with E-state index in [0.29, 0.717) is 17.5 Å². The molecule has 0 bridgehead atoms. The molecule has 0 spiro atoms. The predicted molar refractivity (Wildman–Crippen MR) is 65.0 cm³/mol. The molecule has 1 saturated carbocycles. The summed E-state index contributed by atoms with van der Waals surface area (Å²) in [5, 5.41) is 12.8. The Labute approximate surface area is 94.5 Å². The molecule has 1 fully saturated rings. The minimum Gasteiger partial charge on any atom is -0.395 e. The molecule has 1 aliphatic rings. The van der Waals surface area contributed by atoms with E-state index in [1.54, 1.807) is 0 Å². The first-order valence-corrected chi connectivity index (χ1v) is 6.44. The van der Waals surface area contributed by atoms with Crippen molar-refractivity contribution in [3.8, 4) is 0 Å². The lowest BCUT2D eigenvalue weighted by atomic mass is 9.85. The number of aliphatic hydroxyl groups is 1. The SMILES string of the molecule is CC[C@@H](CO)NC1CCCC(C)(C)CC1. The van der Waals surface area contributed by atoms with Crippen molar-refractivity contribution in [3.63, 3.8) is 0 Å². The van der Waals surface area contributed by atoms with Crippen LogP contribution < -0.4 is 5.32 Å². The summed E-state index contributed by atoms with van der Waals surface area (Å²) in [4.78, 5) is 0. The number of rotatable bonds is 4. The topological polar surface area (TPSA) is 32.3 Å². The van der Waals surface area contributed by atoms with E-state index < -0.39 is 0 Å². The van der Waals surface area contributed by atoms with Crippen LogP contribution in [0.3, 0.4) is 0 Å². The van der Waals surface area contributed by atoms with Gasteiger partial charge in [0.05, 0.1) is 6.61 Å². The molecule has 15 heavy (non-hydrogen) atoms. The lowest BCUT2D eigenvalue weighted by Crippen LogP contribution is -2.40. The Morgan fingerprint density at radius 1 is 1.33 bits per heavy atom. The van der Waals surface area contributed by atoms with Gasteiger partial charge in [-0.15, -0.1) is 0 Å². The fourth-order valence-electron chi connectivity index (χ4n) is 2.46. The summed E-state index contributed by atoms with van der Waals surface area (Å²) in [5.41, 5.74) is 0.525. The lowest BCUT2D eigenvalue weighted by molar-refractivity contribution is 0.221. The summed E-state index contributed by atoms with van der Waals surface area (Å²) in [6.07, 6.45) is 7.56. The second-order valence-corrected chi connectivity index (χ2v) is 5.75. The number of aliphatic hydroxyl groups excluding tert-OH is 1. The third-order valence-electron chi connectivity index (χ3n) is 3.76. The van der Waals surface area contributed by atoms with E-state index >= 15 is 0 Å². The first kappa shape index (κ1) is 13.0. The van der Waals surface area contributed by atoms with Crippen molar-refractivity contribution in [2.45, 2.75) is 71.4 Å². The highest BCUT2D eigenvalue weighted by molar-refractivity contribution is 4.81. The molecule has 0 heterocycles. The molecule has 0 aromatic heterocycles. The molecule has 0 radical (unpaired) electrons. The van der Waals surface area contributed by atoms with Gasteiger partial charge in [-0.05, 0) is 37.5 Å². The number of hydrogen-bond acceptors (Lipinski definition) is 2. The highest BCUT2D eigenvalue weighted by atomic mass is 16.3. The minimum absolute atomic E-state index is 0.274. The standard InChI is InChI=1S/C13H27NO/c1-4-11(10-15)14-12-6-5-8-13(2,3)9-7-12/h11-12,14-15H,4-10H2,1-3H3/t11-,12?/m0/s1. The van der Waals surface area contributed by atoms with Gasteiger partial charge in [0.1, 0.15) is 0 Å². The van der Waals surface area contributed by atoms with Gasteiger partial charge in [-0.3, -0.25) is 0 Å². The van der Waals surface area contributed by atoms with Gasteiger partial charge < -0.3 is 10.4 Å². The Balaban J connectivity index is 2.37. The summed E-state index contributed by atoms with van der Waals surface area (Å²) >= 11 is 0. The summed E-state index contributed by atoms with van der Waals surface area (Å²) < 4.78 is 0. The van der Waals surface area contributed by atoms with Crippen LogP contribution in [0, 0.1) is 5.41 Å². The maximum Gasteiger partial charge on any atom is 0.0584 e. The van der Waals surface area contributed by atoms with E-state index in [1.165, 1.54) is 32.1 Å². The van der Waals surface area contributed by atoms with Gasteiger partial charge in [0, 0.05) is 12.1 Å². The Hall–Kier alpha value is -0.0800. The number of hydrogen-bond donors (Lipinski definition) is 2. The van der Waals surface area contributed by atoms with Gasteiger partial charge in [0.15, 0.2) is 0 Å². The molecule has 0 aliphatic heterocycles. The summed E-state index contributed by atoms with van der Waals surface area (Å²) in [6.45, 7) is 7.16. The Morgan fingerprint density at radius 3 is 2.67 bits per heavy atom. The molecular weight excluding hydrogens is 186 g/mol. The summed E-state index contributed by atoms with van der Waals surface area (Å²) in [6, 6.07) is 0.931. The predicted octanol–water partition coefficient (Wildman–Crippen LogP) is 2.71. The van der Waals surface area contributed by atoms with Gasteiger partial charge in [0.2, 0.25) is 0 Å². The highest BCUT2D eigenvalue weighted by Crippen LogP contribution is 2.33. The van der Waals surface area contributed by atoms with E-state index in [2.05, 4.69) is 26.1 Å². The molecular formula is C13H27NO. The number of nitrogens with one attached hydrogen (secondary N) is 1. The zero-order valence-corrected chi connectivity index (χ0v) is 10.6. The van der Waals surface area contributed by atoms with E-state index in [0.717, 1.165) is 6.42 Å². The van der Waals surface area contributed by atoms with Crippen molar-refractivity contribution < 1.29 is 5.11 Å². The normalized spacial score (nSPS) is 28.4. The van der Waals surface area contributed by atoms with Crippen molar-refractivity contribution >= 4 is 0 Å². The van der Waals surface area contributed by atoms with Crippen molar-refractivity contribution in [3.05, 3.63) is 0 Å². The lowest BCUT2D eigenvalue weighted by Gasteiger charge is -2.24. The van der Waals surface area contributed by atoms with Crippen LogP contribution in [0.4, 0.5) is 0 Å². The molecule has 90 valence electrons. The van der Waals surface area contributed by atoms with Crippen molar-refractivity contribution in [1.29, 1.82) is 0 Å². The van der Waals surface area contributed by atoms with Gasteiger partial charge in [-0.2, -0.15) is 0 Å². The average molecular weight is 213 g/mol. The van der Waals surface area contributed by atoms with E-state index in [-0.39, 0.29) is 6.61 Å². The Bertz CT molecular complexity index is 175. The van der Waals surface area contributed by atoms with Crippen LogP contribution in [-0.2, 0) is 0 Å². The monoisotopic (exact) mass is 213 g/mol. The minimum atomic E-state index is 0.274. The van der Waals surface area contributed by atoms with Crippen LogP contribution >= 0.6 is 0 Å². The van der Waals surface area contributed by atoms with Gasteiger partial charge >= 0.3 is 0 Å². The first-order chi connectivity index (χ1) is 7.07. The van der Waals surface area contributed by atoms with Gasteiger partial charge in [-0.1, -0.05) is 27.2 Å². The second kappa shape index (κ2) is 5.86. The van der Waals surface area contributed by atoms with Crippen molar-refractivity contribution in [1.82, 2.24) is 5.32 Å². The molecule has 1 aliphatic carbocycles. The zero-order chi connectivity index (χ0) is 11.3. The molecule has 0 aromatic carbocycles. The fraction of sp³-hybridized carbons (Fsp3) is 1.00. The smallest absolute Gasteiger partial charge is 0.0584 e. The van der Waals surface area contributed by atoms with Crippen molar-refractivity contribution in [2.75, 3.05) is 6.61 Å². The van der Waals surface area contributed by atoms with Crippen LogP contribution in [0.2, 0.25) is 0 Å². The molecule has 0 aromatic rings. The second-order valence-electron chi connectivity index (χ2n) is 5.75. The zero-order valence-electron chi connectivity index (χ0n) is 10.6. The third kappa shape index (κ3) is 4.52. The molecule has 2 nitrogen and oxygen atoms in total. The van der Waals surface area contributed by atoms with Crippen LogP contribution in [-0.4, -0.2) is 23.8 Å². The van der Waals surface area contributed by atoms with Crippen LogP contribution in [0.15, 0.2) is 0 Å². The van der Waals surface area contributed by atoms with E-state index in [9.17, 15) is 0 Å². The van der Waals surface area contributed by atoms with Crippen LogP contribution in [0.1, 0.15) is 59.3 Å². The van der Waals surface area contributed by atoms with Crippen molar-refractivity contribution in [2.24, 2.45) is 5.41 Å². The Morgan fingerprint density at radius 2 is 2.07 bits per heavy atom. The maximum absolute atomic E-state index is 9.17. The Kier molecular flexibility index (Phi) is 5.07. The maximum atomic E-state index is 9.17. The third-order valence-corrected chi connectivity index (χ3v) is 3.76. The van der Waals surface area contributed by atoms with E-state index in [4.69, 9.17) is 5.11 Å². The van der Waals surface area contributed by atoms with Crippen LogP contribution in [0.25, 0.3) is 0 Å². The summed E-state index contributed by atoms with van der Waals surface area (Å²) in [5.74, 6) is 0. The average Bonchev–Trinajstić information content (AvgIpc) is 2.36. The highest BCUT2D eigenvalue weighted by Gasteiger charge is 2.24. The molecule has 1 unspecified atom stereocenters. The van der Waals surface area contributed by atoms with Crippen LogP contribution in [0.5, 0.6) is 0 Å².